The lowest BCUT2D eigenvalue weighted by Crippen LogP contribution is -2.55. The Labute approximate surface area is 136 Å². The lowest BCUT2D eigenvalue weighted by Gasteiger charge is -2.25. The molecule has 0 radical (unpaired) electrons. The Morgan fingerprint density at radius 2 is 2.10 bits per heavy atom. The molecule has 0 aliphatic rings. The number of aliphatic carboxylic acids is 1. The van der Waals surface area contributed by atoms with Crippen LogP contribution < -0.4 is 5.32 Å². The summed E-state index contributed by atoms with van der Waals surface area (Å²) >= 11 is 4.97. The second-order valence-electron chi connectivity index (χ2n) is 4.65. The number of hydrogen-bond donors (Lipinski definition) is 2. The molecule has 0 fully saturated rings. The third-order valence-corrected chi connectivity index (χ3v) is 4.77. The highest BCUT2D eigenvalue weighted by molar-refractivity contribution is 9.10. The topological polar surface area (TPSA) is 75.6 Å². The van der Waals surface area contributed by atoms with Crippen molar-refractivity contribution in [3.8, 4) is 0 Å². The monoisotopic (exact) mass is 375 g/mol. The number of carbonyl (C=O) groups is 2. The number of halogens is 1. The zero-order valence-corrected chi connectivity index (χ0v) is 14.3. The largest absolute Gasteiger partial charge is 0.479 e. The van der Waals surface area contributed by atoms with E-state index in [4.69, 9.17) is 9.84 Å². The van der Waals surface area contributed by atoms with Gasteiger partial charge in [0.05, 0.1) is 6.61 Å². The summed E-state index contributed by atoms with van der Waals surface area (Å²) in [6.07, 6.45) is 0.235. The number of nitrogens with one attached hydrogen (secondary N) is 1. The zero-order chi connectivity index (χ0) is 15.9. The van der Waals surface area contributed by atoms with Crippen molar-refractivity contribution in [2.24, 2.45) is 0 Å². The Morgan fingerprint density at radius 3 is 2.67 bits per heavy atom. The molecule has 21 heavy (non-hydrogen) atoms. The van der Waals surface area contributed by atoms with Crippen LogP contribution >= 0.6 is 27.7 Å². The number of hydrogen-bond acceptors (Lipinski definition) is 4. The first-order valence-electron chi connectivity index (χ1n) is 6.30. The first-order valence-corrected chi connectivity index (χ1v) is 8.07. The predicted molar refractivity (Wildman–Crippen MR) is 85.5 cm³/mol. The molecule has 0 saturated heterocycles. The molecule has 1 atom stereocenters. The van der Waals surface area contributed by atoms with E-state index >= 15 is 0 Å². The third-order valence-electron chi connectivity index (χ3n) is 2.74. The van der Waals surface area contributed by atoms with Crippen molar-refractivity contribution >= 4 is 39.6 Å². The first-order chi connectivity index (χ1) is 9.89. The van der Waals surface area contributed by atoms with E-state index in [1.165, 1.54) is 25.8 Å². The molecule has 7 heteroatoms. The van der Waals surface area contributed by atoms with Crippen molar-refractivity contribution in [3.63, 3.8) is 0 Å². The van der Waals surface area contributed by atoms with E-state index in [0.29, 0.717) is 5.75 Å². The molecule has 116 valence electrons. The van der Waals surface area contributed by atoms with Crippen LogP contribution in [0.3, 0.4) is 0 Å². The van der Waals surface area contributed by atoms with Crippen LogP contribution in [0, 0.1) is 0 Å². The quantitative estimate of drug-likeness (QED) is 0.682. The number of thioether (sulfide) groups is 1. The highest BCUT2D eigenvalue weighted by atomic mass is 79.9. The number of rotatable bonds is 8. The molecule has 0 aliphatic heterocycles. The van der Waals surface area contributed by atoms with E-state index in [0.717, 1.165) is 9.37 Å². The highest BCUT2D eigenvalue weighted by Crippen LogP contribution is 2.27. The molecule has 1 unspecified atom stereocenters. The van der Waals surface area contributed by atoms with Gasteiger partial charge in [-0.3, -0.25) is 4.79 Å². The molecule has 1 amide bonds. The van der Waals surface area contributed by atoms with Crippen LogP contribution in [0.2, 0.25) is 0 Å². The van der Waals surface area contributed by atoms with E-state index in [1.807, 2.05) is 24.3 Å². The highest BCUT2D eigenvalue weighted by Gasteiger charge is 2.34. The lowest BCUT2D eigenvalue weighted by molar-refractivity contribution is -0.149. The van der Waals surface area contributed by atoms with Gasteiger partial charge in [0.25, 0.3) is 0 Å². The van der Waals surface area contributed by atoms with Crippen LogP contribution in [-0.4, -0.2) is 42.0 Å². The van der Waals surface area contributed by atoms with Crippen LogP contribution in [0.25, 0.3) is 0 Å². The predicted octanol–water partition coefficient (Wildman–Crippen LogP) is 2.54. The number of carbonyl (C=O) groups excluding carboxylic acids is 1. The minimum atomic E-state index is -1.40. The molecule has 0 aromatic heterocycles. The smallest absolute Gasteiger partial charge is 0.331 e. The minimum absolute atomic E-state index is 0.0779. The van der Waals surface area contributed by atoms with Crippen molar-refractivity contribution in [3.05, 3.63) is 28.7 Å². The molecule has 1 aromatic carbocycles. The maximum Gasteiger partial charge on any atom is 0.331 e. The van der Waals surface area contributed by atoms with Gasteiger partial charge in [-0.15, -0.1) is 11.8 Å². The molecule has 0 spiro atoms. The molecule has 0 bridgehead atoms. The molecule has 5 nitrogen and oxygen atoms in total. The van der Waals surface area contributed by atoms with Gasteiger partial charge in [-0.25, -0.2) is 4.79 Å². The van der Waals surface area contributed by atoms with Crippen molar-refractivity contribution in [1.29, 1.82) is 0 Å². The summed E-state index contributed by atoms with van der Waals surface area (Å²) in [6.45, 7) is 1.35. The zero-order valence-electron chi connectivity index (χ0n) is 11.9. The van der Waals surface area contributed by atoms with E-state index in [9.17, 15) is 9.59 Å². The van der Waals surface area contributed by atoms with Crippen LogP contribution in [0.4, 0.5) is 0 Å². The summed E-state index contributed by atoms with van der Waals surface area (Å²) in [7, 11) is 1.40. The van der Waals surface area contributed by atoms with Crippen LogP contribution in [0.15, 0.2) is 33.6 Å². The van der Waals surface area contributed by atoms with Crippen molar-refractivity contribution < 1.29 is 19.4 Å². The lowest BCUT2D eigenvalue weighted by atomic mass is 10.0. The Morgan fingerprint density at radius 1 is 1.43 bits per heavy atom. The molecule has 0 aliphatic carbocycles. The normalized spacial score (nSPS) is 13.5. The second-order valence-corrected chi connectivity index (χ2v) is 6.64. The van der Waals surface area contributed by atoms with Gasteiger partial charge >= 0.3 is 5.97 Å². The Balaban J connectivity index is 2.47. The standard InChI is InChI=1S/C14H18BrNO4S/c1-14(9-20-2,13(18)19)16-12(17)7-8-21-11-6-4-3-5-10(11)15/h3-6H,7-9H2,1-2H3,(H,16,17)(H,18,19). The molecule has 0 saturated carbocycles. The van der Waals surface area contributed by atoms with Crippen LogP contribution in [0.5, 0.6) is 0 Å². The van der Waals surface area contributed by atoms with E-state index < -0.39 is 11.5 Å². The van der Waals surface area contributed by atoms with Gasteiger partial charge in [0, 0.05) is 28.7 Å². The molecular weight excluding hydrogens is 358 g/mol. The summed E-state index contributed by atoms with van der Waals surface area (Å²) in [5, 5.41) is 11.7. The van der Waals surface area contributed by atoms with Gasteiger partial charge in [-0.05, 0) is 35.0 Å². The number of carboxylic acids is 1. The number of methoxy groups -OCH3 is 1. The fourth-order valence-electron chi connectivity index (χ4n) is 1.63. The molecule has 1 rings (SSSR count). The van der Waals surface area contributed by atoms with Gasteiger partial charge in [-0.2, -0.15) is 0 Å². The molecule has 2 N–H and O–H groups in total. The van der Waals surface area contributed by atoms with E-state index in [-0.39, 0.29) is 18.9 Å². The number of ether oxygens (including phenoxy) is 1. The Bertz CT molecular complexity index is 512. The van der Waals surface area contributed by atoms with Gasteiger partial charge in [0.2, 0.25) is 5.91 Å². The van der Waals surface area contributed by atoms with Crippen LogP contribution in [0.1, 0.15) is 13.3 Å². The SMILES string of the molecule is COCC(C)(NC(=O)CCSc1ccccc1Br)C(=O)O. The van der Waals surface area contributed by atoms with Crippen molar-refractivity contribution in [1.82, 2.24) is 5.32 Å². The number of carboxylic acid groups (broad SMARTS) is 1. The number of benzene rings is 1. The fraction of sp³-hybridized carbons (Fsp3) is 0.429. The fourth-order valence-corrected chi connectivity index (χ4v) is 3.14. The van der Waals surface area contributed by atoms with Gasteiger partial charge in [-0.1, -0.05) is 12.1 Å². The summed E-state index contributed by atoms with van der Waals surface area (Å²) in [5.74, 6) is -0.857. The van der Waals surface area contributed by atoms with Gasteiger partial charge < -0.3 is 15.2 Å². The van der Waals surface area contributed by atoms with Crippen molar-refractivity contribution in [2.75, 3.05) is 19.5 Å². The minimum Gasteiger partial charge on any atom is -0.479 e. The van der Waals surface area contributed by atoms with Crippen LogP contribution in [-0.2, 0) is 14.3 Å². The van der Waals surface area contributed by atoms with E-state index in [1.54, 1.807) is 0 Å². The average Bonchev–Trinajstić information content (AvgIpc) is 2.41. The first kappa shape index (κ1) is 18.0. The Hall–Kier alpha value is -1.05. The third kappa shape index (κ3) is 5.68. The maximum atomic E-state index is 11.9. The summed E-state index contributed by atoms with van der Waals surface area (Å²) in [4.78, 5) is 24.1. The average molecular weight is 376 g/mol. The second kappa shape index (κ2) is 8.41. The Kier molecular flexibility index (Phi) is 7.21. The van der Waals surface area contributed by atoms with E-state index in [2.05, 4.69) is 21.2 Å². The van der Waals surface area contributed by atoms with Gasteiger partial charge in [0.15, 0.2) is 5.54 Å². The maximum absolute atomic E-state index is 11.9. The van der Waals surface area contributed by atoms with Crippen molar-refractivity contribution in [2.45, 2.75) is 23.8 Å². The molecular formula is C14H18BrNO4S. The molecule has 0 heterocycles. The summed E-state index contributed by atoms with van der Waals surface area (Å²) in [5.41, 5.74) is -1.40. The summed E-state index contributed by atoms with van der Waals surface area (Å²) in [6, 6.07) is 7.73. The summed E-state index contributed by atoms with van der Waals surface area (Å²) < 4.78 is 5.83. The number of amides is 1. The van der Waals surface area contributed by atoms with Gasteiger partial charge in [0.1, 0.15) is 0 Å². The molecule has 1 aromatic rings.